The van der Waals surface area contributed by atoms with Gasteiger partial charge < -0.3 is 5.32 Å². The van der Waals surface area contributed by atoms with E-state index in [4.69, 9.17) is 0 Å². The van der Waals surface area contributed by atoms with Crippen LogP contribution < -0.4 is 5.32 Å². The van der Waals surface area contributed by atoms with Crippen molar-refractivity contribution in [3.05, 3.63) is 71.8 Å². The van der Waals surface area contributed by atoms with Crippen LogP contribution in [0.1, 0.15) is 15.9 Å². The Bertz CT molecular complexity index is 737. The van der Waals surface area contributed by atoms with Gasteiger partial charge in [-0.1, -0.05) is 48.5 Å². The van der Waals surface area contributed by atoms with Gasteiger partial charge in [0.2, 0.25) is 0 Å². The van der Waals surface area contributed by atoms with Crippen LogP contribution in [0.5, 0.6) is 0 Å². The highest BCUT2D eigenvalue weighted by Gasteiger charge is 2.39. The number of para-hydroxylation sites is 1. The quantitative estimate of drug-likeness (QED) is 0.682. The highest BCUT2D eigenvalue weighted by Crippen LogP contribution is 2.21. The number of carbonyl (C=O) groups is 2. The first-order chi connectivity index (χ1) is 10.9. The molecule has 0 saturated heterocycles. The fourth-order valence-corrected chi connectivity index (χ4v) is 1.83. The largest absolute Gasteiger partial charge is 0.471 e. The molecule has 0 aromatic heterocycles. The number of anilines is 1. The van der Waals surface area contributed by atoms with Gasteiger partial charge in [0.25, 0.3) is 0 Å². The van der Waals surface area contributed by atoms with Gasteiger partial charge in [-0.2, -0.15) is 13.2 Å². The van der Waals surface area contributed by atoms with E-state index < -0.39 is 17.9 Å². The van der Waals surface area contributed by atoms with Crippen molar-refractivity contribution in [3.8, 4) is 0 Å². The van der Waals surface area contributed by atoms with Gasteiger partial charge in [0.15, 0.2) is 5.78 Å². The summed E-state index contributed by atoms with van der Waals surface area (Å²) in [5, 5.41) is 1.71. The summed E-state index contributed by atoms with van der Waals surface area (Å²) in [6.45, 7) is 0. The molecule has 0 fully saturated rings. The highest BCUT2D eigenvalue weighted by atomic mass is 19.4. The first-order valence-electron chi connectivity index (χ1n) is 6.62. The predicted molar refractivity (Wildman–Crippen MR) is 80.9 cm³/mol. The van der Waals surface area contributed by atoms with Crippen molar-refractivity contribution in [2.75, 3.05) is 5.32 Å². The third kappa shape index (κ3) is 4.54. The van der Waals surface area contributed by atoms with Gasteiger partial charge in [-0.05, 0) is 23.8 Å². The first kappa shape index (κ1) is 16.5. The molecule has 3 nitrogen and oxygen atoms in total. The Hall–Kier alpha value is -2.89. The molecule has 23 heavy (non-hydrogen) atoms. The van der Waals surface area contributed by atoms with Crippen LogP contribution in [0, 0.1) is 0 Å². The van der Waals surface area contributed by atoms with Crippen molar-refractivity contribution in [2.24, 2.45) is 0 Å². The Morgan fingerprint density at radius 1 is 0.913 bits per heavy atom. The van der Waals surface area contributed by atoms with Crippen LogP contribution in [0.15, 0.2) is 60.7 Å². The number of benzene rings is 2. The Labute approximate surface area is 130 Å². The molecule has 0 aliphatic carbocycles. The van der Waals surface area contributed by atoms with E-state index in [2.05, 4.69) is 0 Å². The van der Waals surface area contributed by atoms with Crippen molar-refractivity contribution in [3.63, 3.8) is 0 Å². The van der Waals surface area contributed by atoms with Gasteiger partial charge >= 0.3 is 12.1 Å². The minimum absolute atomic E-state index is 0.0164. The van der Waals surface area contributed by atoms with Crippen LogP contribution in [-0.4, -0.2) is 17.9 Å². The maximum atomic E-state index is 12.3. The van der Waals surface area contributed by atoms with Crippen LogP contribution in [0.3, 0.4) is 0 Å². The molecular formula is C17H12F3NO2. The van der Waals surface area contributed by atoms with Gasteiger partial charge in [-0.15, -0.1) is 0 Å². The number of hydrogen-bond donors (Lipinski definition) is 1. The Kier molecular flexibility index (Phi) is 4.95. The third-order valence-corrected chi connectivity index (χ3v) is 2.92. The summed E-state index contributed by atoms with van der Waals surface area (Å²) in [4.78, 5) is 23.2. The third-order valence-electron chi connectivity index (χ3n) is 2.92. The summed E-state index contributed by atoms with van der Waals surface area (Å²) in [7, 11) is 0. The van der Waals surface area contributed by atoms with E-state index in [0.717, 1.165) is 5.56 Å². The summed E-state index contributed by atoms with van der Waals surface area (Å²) in [6.07, 6.45) is -2.23. The van der Waals surface area contributed by atoms with E-state index in [1.165, 1.54) is 30.3 Å². The zero-order chi connectivity index (χ0) is 16.9. The molecule has 0 aliphatic heterocycles. The lowest BCUT2D eigenvalue weighted by Gasteiger charge is -2.10. The average molecular weight is 319 g/mol. The van der Waals surface area contributed by atoms with Gasteiger partial charge in [0, 0.05) is 5.56 Å². The molecule has 1 N–H and O–H groups in total. The molecule has 0 bridgehead atoms. The molecule has 0 saturated carbocycles. The minimum Gasteiger partial charge on any atom is -0.318 e. The molecule has 0 unspecified atom stereocenters. The minimum atomic E-state index is -5.02. The second-order valence-corrected chi connectivity index (χ2v) is 4.61. The standard InChI is InChI=1S/C17H12F3NO2/c18-17(19,20)16(23)21-14-9-5-4-8-13(14)15(22)11-10-12-6-2-1-3-7-12/h1-11H,(H,21,23)/b11-10+. The van der Waals surface area contributed by atoms with Crippen molar-refractivity contribution in [1.82, 2.24) is 0 Å². The van der Waals surface area contributed by atoms with E-state index in [-0.39, 0.29) is 11.3 Å². The van der Waals surface area contributed by atoms with Crippen LogP contribution in [0.25, 0.3) is 6.08 Å². The SMILES string of the molecule is O=C(/C=C/c1ccccc1)c1ccccc1NC(=O)C(F)(F)F. The number of alkyl halides is 3. The molecule has 0 atom stereocenters. The number of carbonyl (C=O) groups excluding carboxylic acids is 2. The summed E-state index contributed by atoms with van der Waals surface area (Å²) in [6, 6.07) is 14.5. The number of ketones is 1. The summed E-state index contributed by atoms with van der Waals surface area (Å²) < 4.78 is 37.0. The van der Waals surface area contributed by atoms with Crippen LogP contribution in [-0.2, 0) is 4.79 Å². The number of amides is 1. The van der Waals surface area contributed by atoms with Gasteiger partial charge in [0.05, 0.1) is 5.69 Å². The number of allylic oxidation sites excluding steroid dienone is 1. The zero-order valence-corrected chi connectivity index (χ0v) is 11.8. The lowest BCUT2D eigenvalue weighted by Crippen LogP contribution is -2.30. The Balaban J connectivity index is 2.21. The van der Waals surface area contributed by atoms with Crippen LogP contribution in [0.4, 0.5) is 18.9 Å². The fraction of sp³-hybridized carbons (Fsp3) is 0.0588. The normalized spacial score (nSPS) is 11.4. The van der Waals surface area contributed by atoms with E-state index >= 15 is 0 Å². The first-order valence-corrected chi connectivity index (χ1v) is 6.62. The topological polar surface area (TPSA) is 46.2 Å². The molecule has 0 radical (unpaired) electrons. The molecule has 0 spiro atoms. The van der Waals surface area contributed by atoms with Crippen molar-refractivity contribution < 1.29 is 22.8 Å². The lowest BCUT2D eigenvalue weighted by atomic mass is 10.1. The van der Waals surface area contributed by atoms with Gasteiger partial charge in [-0.3, -0.25) is 9.59 Å². The van der Waals surface area contributed by atoms with E-state index in [1.807, 2.05) is 6.07 Å². The molecule has 0 aliphatic rings. The van der Waals surface area contributed by atoms with E-state index in [9.17, 15) is 22.8 Å². The molecular weight excluding hydrogens is 307 g/mol. The monoisotopic (exact) mass is 319 g/mol. The van der Waals surface area contributed by atoms with Crippen LogP contribution in [0.2, 0.25) is 0 Å². The van der Waals surface area contributed by atoms with Crippen molar-refractivity contribution in [2.45, 2.75) is 6.18 Å². The van der Waals surface area contributed by atoms with E-state index in [0.29, 0.717) is 0 Å². The molecule has 2 aromatic carbocycles. The Morgan fingerprint density at radius 2 is 1.52 bits per heavy atom. The predicted octanol–water partition coefficient (Wildman–Crippen LogP) is 4.08. The Morgan fingerprint density at radius 3 is 2.17 bits per heavy atom. The summed E-state index contributed by atoms with van der Waals surface area (Å²) >= 11 is 0. The number of halogens is 3. The van der Waals surface area contributed by atoms with Crippen LogP contribution >= 0.6 is 0 Å². The molecule has 2 rings (SSSR count). The van der Waals surface area contributed by atoms with Crippen molar-refractivity contribution in [1.29, 1.82) is 0 Å². The zero-order valence-electron chi connectivity index (χ0n) is 11.8. The highest BCUT2D eigenvalue weighted by molar-refractivity contribution is 6.12. The second kappa shape index (κ2) is 6.91. The molecule has 0 heterocycles. The number of rotatable bonds is 4. The summed E-state index contributed by atoms with van der Waals surface area (Å²) in [5.74, 6) is -2.63. The van der Waals surface area contributed by atoms with E-state index in [1.54, 1.807) is 35.7 Å². The maximum absolute atomic E-state index is 12.3. The average Bonchev–Trinajstić information content (AvgIpc) is 2.53. The number of nitrogens with one attached hydrogen (secondary N) is 1. The lowest BCUT2D eigenvalue weighted by molar-refractivity contribution is -0.167. The second-order valence-electron chi connectivity index (χ2n) is 4.61. The molecule has 2 aromatic rings. The number of hydrogen-bond acceptors (Lipinski definition) is 2. The maximum Gasteiger partial charge on any atom is 0.471 e. The van der Waals surface area contributed by atoms with Gasteiger partial charge in [-0.25, -0.2) is 0 Å². The smallest absolute Gasteiger partial charge is 0.318 e. The van der Waals surface area contributed by atoms with Gasteiger partial charge in [0.1, 0.15) is 0 Å². The fourth-order valence-electron chi connectivity index (χ4n) is 1.83. The molecule has 118 valence electrons. The van der Waals surface area contributed by atoms with Crippen molar-refractivity contribution >= 4 is 23.5 Å². The molecule has 6 heteroatoms. The summed E-state index contributed by atoms with van der Waals surface area (Å²) in [5.41, 5.74) is 0.576. The molecule has 1 amide bonds.